The number of carbonyl (C=O) groups is 3. The molecule has 0 saturated heterocycles. The maximum Gasteiger partial charge on any atom is 0.291 e. The molecule has 0 aliphatic heterocycles. The maximum absolute atomic E-state index is 12.3. The van der Waals surface area contributed by atoms with Crippen LogP contribution in [-0.4, -0.2) is 24.3 Å². The van der Waals surface area contributed by atoms with Gasteiger partial charge in [0.1, 0.15) is 5.75 Å². The van der Waals surface area contributed by atoms with Crippen LogP contribution in [0.1, 0.15) is 23.4 Å². The lowest BCUT2D eigenvalue weighted by Crippen LogP contribution is -2.20. The van der Waals surface area contributed by atoms with E-state index in [0.717, 1.165) is 12.8 Å². The lowest BCUT2D eigenvalue weighted by Gasteiger charge is -2.10. The summed E-state index contributed by atoms with van der Waals surface area (Å²) in [4.78, 5) is 36.2. The highest BCUT2D eigenvalue weighted by atomic mass is 16.5. The zero-order valence-corrected chi connectivity index (χ0v) is 16.6. The molecule has 1 saturated carbocycles. The number of carbonyl (C=O) groups excluding carboxylic acids is 3. The van der Waals surface area contributed by atoms with Crippen molar-refractivity contribution in [2.75, 3.05) is 22.6 Å². The van der Waals surface area contributed by atoms with Crippen LogP contribution >= 0.6 is 0 Å². The topological polar surface area (TPSA) is 110 Å². The fourth-order valence-corrected chi connectivity index (χ4v) is 2.87. The number of amides is 3. The van der Waals surface area contributed by atoms with E-state index in [-0.39, 0.29) is 36.0 Å². The van der Waals surface area contributed by atoms with Gasteiger partial charge in [-0.15, -0.1) is 0 Å². The van der Waals surface area contributed by atoms with Crippen LogP contribution in [0, 0.1) is 5.92 Å². The molecule has 0 unspecified atom stereocenters. The zero-order chi connectivity index (χ0) is 21.6. The molecule has 1 heterocycles. The number of benzene rings is 2. The van der Waals surface area contributed by atoms with Gasteiger partial charge in [-0.05, 0) is 55.3 Å². The molecule has 0 spiro atoms. The Morgan fingerprint density at radius 3 is 2.29 bits per heavy atom. The van der Waals surface area contributed by atoms with Crippen LogP contribution in [0.2, 0.25) is 0 Å². The van der Waals surface area contributed by atoms with Crippen molar-refractivity contribution in [3.63, 3.8) is 0 Å². The van der Waals surface area contributed by atoms with Crippen LogP contribution in [0.25, 0.3) is 0 Å². The molecular formula is C23H21N3O5. The van der Waals surface area contributed by atoms with Gasteiger partial charge in [0.2, 0.25) is 5.91 Å². The molecule has 158 valence electrons. The molecule has 1 fully saturated rings. The molecule has 3 N–H and O–H groups in total. The molecule has 8 nitrogen and oxygen atoms in total. The van der Waals surface area contributed by atoms with Gasteiger partial charge in [-0.1, -0.05) is 12.1 Å². The summed E-state index contributed by atoms with van der Waals surface area (Å²) in [5, 5.41) is 8.28. The minimum absolute atomic E-state index is 0.00540. The zero-order valence-electron chi connectivity index (χ0n) is 16.6. The molecule has 0 bridgehead atoms. The van der Waals surface area contributed by atoms with Crippen molar-refractivity contribution in [2.45, 2.75) is 12.8 Å². The summed E-state index contributed by atoms with van der Waals surface area (Å²) in [6, 6.07) is 16.9. The van der Waals surface area contributed by atoms with Crippen LogP contribution in [0.3, 0.4) is 0 Å². The van der Waals surface area contributed by atoms with Crippen molar-refractivity contribution in [3.05, 3.63) is 72.7 Å². The number of hydrogen-bond donors (Lipinski definition) is 3. The lowest BCUT2D eigenvalue weighted by molar-refractivity contribution is -0.118. The minimum Gasteiger partial charge on any atom is -0.484 e. The molecule has 4 rings (SSSR count). The van der Waals surface area contributed by atoms with Gasteiger partial charge < -0.3 is 25.1 Å². The maximum atomic E-state index is 12.3. The fourth-order valence-electron chi connectivity index (χ4n) is 2.87. The highest BCUT2D eigenvalue weighted by molar-refractivity contribution is 6.02. The van der Waals surface area contributed by atoms with E-state index in [2.05, 4.69) is 16.0 Å². The van der Waals surface area contributed by atoms with E-state index < -0.39 is 0 Å². The van der Waals surface area contributed by atoms with E-state index in [1.54, 1.807) is 60.7 Å². The van der Waals surface area contributed by atoms with Gasteiger partial charge >= 0.3 is 0 Å². The van der Waals surface area contributed by atoms with Crippen molar-refractivity contribution < 1.29 is 23.5 Å². The van der Waals surface area contributed by atoms with E-state index in [1.807, 2.05) is 0 Å². The van der Waals surface area contributed by atoms with Crippen LogP contribution < -0.4 is 20.7 Å². The first-order valence-corrected chi connectivity index (χ1v) is 9.85. The second kappa shape index (κ2) is 9.17. The van der Waals surface area contributed by atoms with Crippen molar-refractivity contribution in [2.24, 2.45) is 5.92 Å². The van der Waals surface area contributed by atoms with Crippen LogP contribution in [0.15, 0.2) is 71.3 Å². The van der Waals surface area contributed by atoms with Crippen LogP contribution in [0.5, 0.6) is 5.75 Å². The predicted octanol–water partition coefficient (Wildman–Crippen LogP) is 3.90. The molecule has 1 aromatic heterocycles. The van der Waals surface area contributed by atoms with E-state index in [0.29, 0.717) is 22.8 Å². The number of hydrogen-bond acceptors (Lipinski definition) is 5. The first-order valence-electron chi connectivity index (χ1n) is 9.85. The summed E-state index contributed by atoms with van der Waals surface area (Å²) in [6.45, 7) is -0.214. The van der Waals surface area contributed by atoms with Gasteiger partial charge in [-0.3, -0.25) is 14.4 Å². The fraction of sp³-hybridized carbons (Fsp3) is 0.174. The average Bonchev–Trinajstić information content (AvgIpc) is 3.47. The SMILES string of the molecule is O=C(COc1cccc(NC(=O)c2ccco2)c1)Nc1cccc(NC(=O)C2CC2)c1. The van der Waals surface area contributed by atoms with Gasteiger partial charge in [-0.25, -0.2) is 0 Å². The van der Waals surface area contributed by atoms with Gasteiger partial charge in [-0.2, -0.15) is 0 Å². The number of furan rings is 1. The van der Waals surface area contributed by atoms with Crippen molar-refractivity contribution in [1.29, 1.82) is 0 Å². The van der Waals surface area contributed by atoms with Gasteiger partial charge in [0, 0.05) is 29.0 Å². The molecule has 3 amide bonds. The minimum atomic E-state index is -0.381. The largest absolute Gasteiger partial charge is 0.484 e. The van der Waals surface area contributed by atoms with Gasteiger partial charge in [0.25, 0.3) is 11.8 Å². The average molecular weight is 419 g/mol. The van der Waals surface area contributed by atoms with Gasteiger partial charge in [0.15, 0.2) is 12.4 Å². The number of rotatable bonds is 8. The molecular weight excluding hydrogens is 398 g/mol. The third-order valence-electron chi connectivity index (χ3n) is 4.57. The Bertz CT molecular complexity index is 1090. The predicted molar refractivity (Wildman–Crippen MR) is 115 cm³/mol. The summed E-state index contributed by atoms with van der Waals surface area (Å²) in [6.07, 6.45) is 3.27. The Hall–Kier alpha value is -4.07. The molecule has 0 radical (unpaired) electrons. The highest BCUT2D eigenvalue weighted by Gasteiger charge is 2.29. The Labute approximate surface area is 178 Å². The van der Waals surface area contributed by atoms with E-state index in [4.69, 9.17) is 9.15 Å². The molecule has 8 heteroatoms. The molecule has 0 atom stereocenters. The first-order chi connectivity index (χ1) is 15.1. The Kier molecular flexibility index (Phi) is 5.98. The normalized spacial score (nSPS) is 12.6. The quantitative estimate of drug-likeness (QED) is 0.513. The van der Waals surface area contributed by atoms with Gasteiger partial charge in [0.05, 0.1) is 6.26 Å². The summed E-state index contributed by atoms with van der Waals surface area (Å²) in [5.74, 6) is 0.000411. The molecule has 31 heavy (non-hydrogen) atoms. The molecule has 3 aromatic rings. The van der Waals surface area contributed by atoms with E-state index >= 15 is 0 Å². The van der Waals surface area contributed by atoms with Crippen LogP contribution in [-0.2, 0) is 9.59 Å². The monoisotopic (exact) mass is 419 g/mol. The number of ether oxygens (including phenoxy) is 1. The van der Waals surface area contributed by atoms with Crippen molar-refractivity contribution in [1.82, 2.24) is 0 Å². The molecule has 1 aliphatic rings. The third-order valence-corrected chi connectivity index (χ3v) is 4.57. The van der Waals surface area contributed by atoms with E-state index in [9.17, 15) is 14.4 Å². The van der Waals surface area contributed by atoms with E-state index in [1.165, 1.54) is 6.26 Å². The standard InChI is InChI=1S/C23H21N3O5/c27-21(24-16-4-1-5-17(12-16)25-22(28)15-9-10-15)14-31-19-7-2-6-18(13-19)26-23(29)20-8-3-11-30-20/h1-8,11-13,15H,9-10,14H2,(H,24,27)(H,25,28)(H,26,29). The summed E-state index contributed by atoms with van der Waals surface area (Å²) in [5.41, 5.74) is 1.70. The third kappa shape index (κ3) is 5.72. The first kappa shape index (κ1) is 20.2. The Morgan fingerprint density at radius 1 is 0.871 bits per heavy atom. The summed E-state index contributed by atoms with van der Waals surface area (Å²) in [7, 11) is 0. The highest BCUT2D eigenvalue weighted by Crippen LogP contribution is 2.30. The smallest absolute Gasteiger partial charge is 0.291 e. The van der Waals surface area contributed by atoms with Crippen LogP contribution in [0.4, 0.5) is 17.1 Å². The Morgan fingerprint density at radius 2 is 1.58 bits per heavy atom. The van der Waals surface area contributed by atoms with Crippen molar-refractivity contribution >= 4 is 34.8 Å². The molecule has 2 aromatic carbocycles. The summed E-state index contributed by atoms with van der Waals surface area (Å²) < 4.78 is 10.6. The summed E-state index contributed by atoms with van der Waals surface area (Å²) >= 11 is 0. The lowest BCUT2D eigenvalue weighted by atomic mass is 10.2. The second-order valence-electron chi connectivity index (χ2n) is 7.14. The second-order valence-corrected chi connectivity index (χ2v) is 7.14. The van der Waals surface area contributed by atoms with Crippen molar-refractivity contribution in [3.8, 4) is 5.75 Å². The molecule has 1 aliphatic carbocycles. The Balaban J connectivity index is 1.29. The number of nitrogens with one attached hydrogen (secondary N) is 3. The number of anilines is 3.